The molecule has 0 N–H and O–H groups in total. The van der Waals surface area contributed by atoms with Crippen LogP contribution in [0, 0.1) is 11.3 Å². The predicted molar refractivity (Wildman–Crippen MR) is 194 cm³/mol. The van der Waals surface area contributed by atoms with Gasteiger partial charge in [-0.25, -0.2) is 4.98 Å². The molecular weight excluding hydrogens is 599 g/mol. The first-order chi connectivity index (χ1) is 24.2. The van der Waals surface area contributed by atoms with E-state index in [0.717, 1.165) is 61.9 Å². The second-order valence-electron chi connectivity index (χ2n) is 12.6. The minimum absolute atomic E-state index is 0.641. The number of hydrogen-bond donors (Lipinski definition) is 0. The minimum atomic E-state index is -0.641. The van der Waals surface area contributed by atoms with Crippen LogP contribution in [0.2, 0.25) is 0 Å². The molecule has 2 heterocycles. The summed E-state index contributed by atoms with van der Waals surface area (Å²) < 4.78 is 8.92. The molecule has 2 aliphatic rings. The molecule has 8 aromatic rings. The fourth-order valence-corrected chi connectivity index (χ4v) is 8.01. The second kappa shape index (κ2) is 10.4. The third-order valence-corrected chi connectivity index (χ3v) is 10.1. The summed E-state index contributed by atoms with van der Waals surface area (Å²) in [6.45, 7) is 0. The van der Waals surface area contributed by atoms with Crippen molar-refractivity contribution in [1.82, 2.24) is 9.55 Å². The summed E-state index contributed by atoms with van der Waals surface area (Å²) >= 11 is 0. The molecular formula is C45H27N3O. The number of imidazole rings is 1. The number of fused-ring (bicyclic) bond motifs is 10. The summed E-state index contributed by atoms with van der Waals surface area (Å²) in [6.07, 6.45) is 0. The highest BCUT2D eigenvalue weighted by molar-refractivity contribution is 5.92. The van der Waals surface area contributed by atoms with Crippen LogP contribution in [-0.4, -0.2) is 9.55 Å². The first kappa shape index (κ1) is 27.4. The minimum Gasteiger partial charge on any atom is -0.457 e. The largest absolute Gasteiger partial charge is 0.457 e. The zero-order chi connectivity index (χ0) is 32.5. The normalized spacial score (nSPS) is 13.2. The van der Waals surface area contributed by atoms with Crippen molar-refractivity contribution in [2.24, 2.45) is 0 Å². The van der Waals surface area contributed by atoms with E-state index in [1.165, 1.54) is 22.3 Å². The summed E-state index contributed by atoms with van der Waals surface area (Å²) in [6, 6.07) is 59.5. The first-order valence-electron chi connectivity index (χ1n) is 16.4. The van der Waals surface area contributed by atoms with Crippen LogP contribution >= 0.6 is 0 Å². The molecule has 0 atom stereocenters. The Labute approximate surface area is 283 Å². The van der Waals surface area contributed by atoms with Crippen LogP contribution < -0.4 is 4.74 Å². The number of rotatable bonds is 3. The Hall–Kier alpha value is -6.70. The van der Waals surface area contributed by atoms with Gasteiger partial charge in [0.25, 0.3) is 0 Å². The molecule has 0 amide bonds. The summed E-state index contributed by atoms with van der Waals surface area (Å²) in [5, 5.41) is 9.44. The summed E-state index contributed by atoms with van der Waals surface area (Å²) in [5.41, 5.74) is 13.3. The lowest BCUT2D eigenvalue weighted by Crippen LogP contribution is -2.32. The Bertz CT molecular complexity index is 2600. The van der Waals surface area contributed by atoms with E-state index in [2.05, 4.69) is 126 Å². The monoisotopic (exact) mass is 625 g/mol. The standard InChI is InChI=1S/C45H27N3O/c46-28-29-18-20-30(21-19-29)32-22-24-34-35-25-23-33(48-41-15-7-6-14-40(41)47-44(48)31-10-2-1-3-11-31)27-39(35)45(38(34)26-32)36-12-4-8-16-42(36)49-43-17-9-5-13-37(43)45/h1-27H. The molecule has 1 spiro atoms. The number of hydrogen-bond acceptors (Lipinski definition) is 3. The van der Waals surface area contributed by atoms with Crippen molar-refractivity contribution in [1.29, 1.82) is 5.26 Å². The summed E-state index contributed by atoms with van der Waals surface area (Å²) in [5.74, 6) is 2.61. The molecule has 0 unspecified atom stereocenters. The van der Waals surface area contributed by atoms with Crippen molar-refractivity contribution in [3.05, 3.63) is 192 Å². The van der Waals surface area contributed by atoms with Crippen molar-refractivity contribution in [3.63, 3.8) is 0 Å². The molecule has 1 aliphatic carbocycles. The number of benzene rings is 7. The van der Waals surface area contributed by atoms with Crippen molar-refractivity contribution in [3.8, 4) is 56.9 Å². The van der Waals surface area contributed by atoms with E-state index in [9.17, 15) is 5.26 Å². The molecule has 0 radical (unpaired) electrons. The highest BCUT2D eigenvalue weighted by Gasteiger charge is 2.51. The molecule has 7 aromatic carbocycles. The summed E-state index contributed by atoms with van der Waals surface area (Å²) in [7, 11) is 0. The number of nitrogens with zero attached hydrogens (tertiary/aromatic N) is 3. The van der Waals surface area contributed by atoms with E-state index in [1.54, 1.807) is 0 Å². The second-order valence-corrected chi connectivity index (χ2v) is 12.6. The number of aromatic nitrogens is 2. The Balaban J connectivity index is 1.29. The third-order valence-electron chi connectivity index (χ3n) is 10.1. The van der Waals surface area contributed by atoms with E-state index in [4.69, 9.17) is 9.72 Å². The number of ether oxygens (including phenoxy) is 1. The SMILES string of the molecule is N#Cc1ccc(-c2ccc3c(c2)C2(c4ccccc4Oc4ccccc42)c2cc(-n4c(-c5ccccc5)nc5ccccc54)ccc2-3)cc1. The maximum absolute atomic E-state index is 9.44. The molecule has 4 nitrogen and oxygen atoms in total. The maximum atomic E-state index is 9.44. The van der Waals surface area contributed by atoms with Gasteiger partial charge in [0.2, 0.25) is 0 Å². The van der Waals surface area contributed by atoms with E-state index < -0.39 is 5.41 Å². The fourth-order valence-electron chi connectivity index (χ4n) is 8.01. The molecule has 0 saturated heterocycles. The van der Waals surface area contributed by atoms with E-state index >= 15 is 0 Å². The molecule has 49 heavy (non-hydrogen) atoms. The van der Waals surface area contributed by atoms with Crippen molar-refractivity contribution in [2.45, 2.75) is 5.41 Å². The van der Waals surface area contributed by atoms with Gasteiger partial charge in [0.15, 0.2) is 0 Å². The van der Waals surface area contributed by atoms with Crippen LogP contribution in [0.4, 0.5) is 0 Å². The number of nitriles is 1. The smallest absolute Gasteiger partial charge is 0.145 e. The number of para-hydroxylation sites is 4. The maximum Gasteiger partial charge on any atom is 0.145 e. The molecule has 0 fully saturated rings. The highest BCUT2D eigenvalue weighted by Crippen LogP contribution is 2.62. The van der Waals surface area contributed by atoms with Crippen LogP contribution in [0.25, 0.3) is 50.4 Å². The van der Waals surface area contributed by atoms with Gasteiger partial charge in [0, 0.05) is 22.4 Å². The molecule has 1 aromatic heterocycles. The molecule has 4 heteroatoms. The predicted octanol–water partition coefficient (Wildman–Crippen LogP) is 10.7. The van der Waals surface area contributed by atoms with Crippen molar-refractivity contribution >= 4 is 11.0 Å². The zero-order valence-corrected chi connectivity index (χ0v) is 26.3. The molecule has 0 saturated carbocycles. The quantitative estimate of drug-likeness (QED) is 0.196. The highest BCUT2D eigenvalue weighted by atomic mass is 16.5. The lowest BCUT2D eigenvalue weighted by atomic mass is 9.66. The fraction of sp³-hybridized carbons (Fsp3) is 0.0222. The summed E-state index contributed by atoms with van der Waals surface area (Å²) in [4.78, 5) is 5.15. The molecule has 0 bridgehead atoms. The third kappa shape index (κ3) is 3.88. The van der Waals surface area contributed by atoms with Gasteiger partial charge in [-0.2, -0.15) is 5.26 Å². The lowest BCUT2D eigenvalue weighted by molar-refractivity contribution is 0.436. The van der Waals surface area contributed by atoms with Gasteiger partial charge in [-0.3, -0.25) is 4.57 Å². The van der Waals surface area contributed by atoms with Gasteiger partial charge in [-0.15, -0.1) is 0 Å². The van der Waals surface area contributed by atoms with Crippen LogP contribution in [0.3, 0.4) is 0 Å². The van der Waals surface area contributed by atoms with Gasteiger partial charge in [-0.1, -0.05) is 109 Å². The van der Waals surface area contributed by atoms with Crippen LogP contribution in [0.15, 0.2) is 164 Å². The van der Waals surface area contributed by atoms with Gasteiger partial charge >= 0.3 is 0 Å². The van der Waals surface area contributed by atoms with Crippen molar-refractivity contribution < 1.29 is 4.74 Å². The average Bonchev–Trinajstić information content (AvgIpc) is 3.69. The van der Waals surface area contributed by atoms with Gasteiger partial charge in [0.05, 0.1) is 28.1 Å². The van der Waals surface area contributed by atoms with E-state index in [1.807, 2.05) is 48.5 Å². The topological polar surface area (TPSA) is 50.8 Å². The molecule has 1 aliphatic heterocycles. The van der Waals surface area contributed by atoms with E-state index in [0.29, 0.717) is 5.56 Å². The Kier molecular flexibility index (Phi) is 5.82. The zero-order valence-electron chi connectivity index (χ0n) is 26.3. The van der Waals surface area contributed by atoms with E-state index in [-0.39, 0.29) is 0 Å². The Morgan fingerprint density at radius 3 is 1.88 bits per heavy atom. The Morgan fingerprint density at radius 1 is 0.531 bits per heavy atom. The first-order valence-corrected chi connectivity index (χ1v) is 16.4. The van der Waals surface area contributed by atoms with Gasteiger partial charge in [0.1, 0.15) is 17.3 Å². The molecule has 10 rings (SSSR count). The Morgan fingerprint density at radius 2 is 1.14 bits per heavy atom. The van der Waals surface area contributed by atoms with Crippen molar-refractivity contribution in [2.75, 3.05) is 0 Å². The van der Waals surface area contributed by atoms with Crippen LogP contribution in [-0.2, 0) is 5.41 Å². The van der Waals surface area contributed by atoms with Crippen LogP contribution in [0.5, 0.6) is 11.5 Å². The average molecular weight is 626 g/mol. The van der Waals surface area contributed by atoms with Crippen LogP contribution in [0.1, 0.15) is 27.8 Å². The molecule has 228 valence electrons. The van der Waals surface area contributed by atoms with Gasteiger partial charge in [-0.05, 0) is 88.0 Å². The lowest BCUT2D eigenvalue weighted by Gasteiger charge is -2.39. The van der Waals surface area contributed by atoms with Gasteiger partial charge < -0.3 is 4.74 Å².